The molecule has 0 aromatic heterocycles. The Bertz CT molecular complexity index is 795. The average Bonchev–Trinajstić information content (AvgIpc) is 3.03. The molecule has 0 saturated heterocycles. The van der Waals surface area contributed by atoms with Gasteiger partial charge in [-0.15, -0.1) is 0 Å². The molecule has 0 unspecified atom stereocenters. The van der Waals surface area contributed by atoms with E-state index < -0.39 is 14.2 Å². The van der Waals surface area contributed by atoms with Crippen LogP contribution in [0, 0.1) is 0 Å². The van der Waals surface area contributed by atoms with Crippen molar-refractivity contribution in [1.82, 2.24) is 0 Å². The Morgan fingerprint density at radius 2 is 1.03 bits per heavy atom. The second-order valence-corrected chi connectivity index (χ2v) is 9.06. The van der Waals surface area contributed by atoms with Crippen molar-refractivity contribution in [3.63, 3.8) is 0 Å². The zero-order valence-electron chi connectivity index (χ0n) is 19.0. The van der Waals surface area contributed by atoms with Crippen LogP contribution >= 0.6 is 0 Å². The van der Waals surface area contributed by atoms with Crippen molar-refractivity contribution in [3.05, 3.63) is 47.5 Å². The molecule has 6 heteroatoms. The second-order valence-electron chi connectivity index (χ2n) is 9.06. The Hall–Kier alpha value is -1.59. The predicted octanol–water partition coefficient (Wildman–Crippen LogP) is 3.25. The van der Waals surface area contributed by atoms with Crippen LogP contribution in [0.15, 0.2) is 36.4 Å². The molecule has 0 fully saturated rings. The van der Waals surface area contributed by atoms with Crippen LogP contribution in [0.4, 0.5) is 0 Å². The number of hydrogen-bond donors (Lipinski definition) is 4. The summed E-state index contributed by atoms with van der Waals surface area (Å²) in [5.41, 5.74) is 5.37. The quantitative estimate of drug-likeness (QED) is 0.313. The molecule has 0 heterocycles. The lowest BCUT2D eigenvalue weighted by Crippen LogP contribution is -2.34. The third kappa shape index (κ3) is 5.09. The highest BCUT2D eigenvalue weighted by Gasteiger charge is 2.43. The van der Waals surface area contributed by atoms with Crippen molar-refractivity contribution in [2.45, 2.75) is 83.5 Å². The average molecular weight is 422 g/mol. The lowest BCUT2D eigenvalue weighted by atomic mass is 9.67. The Morgan fingerprint density at radius 1 is 0.613 bits per heavy atom. The van der Waals surface area contributed by atoms with Gasteiger partial charge in [0.2, 0.25) is 0 Å². The molecule has 31 heavy (non-hydrogen) atoms. The summed E-state index contributed by atoms with van der Waals surface area (Å²) in [7, 11) is -3.00. The molecule has 4 nitrogen and oxygen atoms in total. The number of hydrogen-bond acceptors (Lipinski definition) is 4. The van der Waals surface area contributed by atoms with Gasteiger partial charge in [0.15, 0.2) is 0 Å². The monoisotopic (exact) mass is 422 g/mol. The first kappa shape index (κ1) is 24.1. The van der Waals surface area contributed by atoms with Crippen molar-refractivity contribution < 1.29 is 20.1 Å². The van der Waals surface area contributed by atoms with Crippen LogP contribution in [0.1, 0.15) is 89.2 Å². The van der Waals surface area contributed by atoms with Gasteiger partial charge in [0.25, 0.3) is 0 Å². The molecule has 166 valence electrons. The summed E-state index contributed by atoms with van der Waals surface area (Å²) in [6.45, 7) is 4.43. The van der Waals surface area contributed by atoms with Crippen LogP contribution in [0.2, 0.25) is 0 Å². The first-order valence-corrected chi connectivity index (χ1v) is 12.0. The maximum absolute atomic E-state index is 9.84. The van der Waals surface area contributed by atoms with E-state index in [2.05, 4.69) is 13.8 Å². The van der Waals surface area contributed by atoms with E-state index in [1.807, 2.05) is 24.3 Å². The van der Waals surface area contributed by atoms with E-state index in [9.17, 15) is 20.1 Å². The molecular weight excluding hydrogens is 386 g/mol. The largest absolute Gasteiger partial charge is 0.488 e. The summed E-state index contributed by atoms with van der Waals surface area (Å²) < 4.78 is 0. The van der Waals surface area contributed by atoms with Crippen molar-refractivity contribution in [2.75, 3.05) is 0 Å². The van der Waals surface area contributed by atoms with Crippen LogP contribution < -0.4 is 10.9 Å². The van der Waals surface area contributed by atoms with Gasteiger partial charge < -0.3 is 20.1 Å². The molecule has 2 aromatic rings. The Labute approximate surface area is 187 Å². The van der Waals surface area contributed by atoms with E-state index in [4.69, 9.17) is 0 Å². The Morgan fingerprint density at radius 3 is 1.39 bits per heavy atom. The van der Waals surface area contributed by atoms with E-state index in [0.29, 0.717) is 10.9 Å². The van der Waals surface area contributed by atoms with Gasteiger partial charge in [0.1, 0.15) is 0 Å². The third-order valence-corrected chi connectivity index (χ3v) is 6.92. The summed E-state index contributed by atoms with van der Waals surface area (Å²) in [4.78, 5) is 0. The molecule has 4 N–H and O–H groups in total. The van der Waals surface area contributed by atoms with Gasteiger partial charge in [-0.1, -0.05) is 102 Å². The van der Waals surface area contributed by atoms with Crippen LogP contribution in [-0.2, 0) is 5.41 Å². The van der Waals surface area contributed by atoms with Crippen molar-refractivity contribution in [1.29, 1.82) is 0 Å². The van der Waals surface area contributed by atoms with E-state index in [-0.39, 0.29) is 5.41 Å². The zero-order chi connectivity index (χ0) is 22.4. The Balaban J connectivity index is 2.12. The highest BCUT2D eigenvalue weighted by atomic mass is 16.4. The number of fused-ring (bicyclic) bond motifs is 3. The normalized spacial score (nSPS) is 13.7. The minimum Gasteiger partial charge on any atom is -0.423 e. The lowest BCUT2D eigenvalue weighted by molar-refractivity contribution is 0.400. The van der Waals surface area contributed by atoms with E-state index in [0.717, 1.165) is 47.9 Å². The fourth-order valence-corrected chi connectivity index (χ4v) is 5.22. The molecule has 1 aliphatic carbocycles. The molecule has 0 saturated carbocycles. The van der Waals surface area contributed by atoms with Gasteiger partial charge in [-0.2, -0.15) is 0 Å². The minimum atomic E-state index is -1.50. The summed E-state index contributed by atoms with van der Waals surface area (Å²) in [5.74, 6) is 0. The Kier molecular flexibility index (Phi) is 8.40. The maximum atomic E-state index is 9.84. The summed E-state index contributed by atoms with van der Waals surface area (Å²) in [6, 6.07) is 11.5. The fraction of sp³-hybridized carbons (Fsp3) is 0.520. The molecule has 0 aliphatic heterocycles. The van der Waals surface area contributed by atoms with Gasteiger partial charge in [-0.3, -0.25) is 0 Å². The topological polar surface area (TPSA) is 80.9 Å². The third-order valence-electron chi connectivity index (χ3n) is 6.92. The fourth-order valence-electron chi connectivity index (χ4n) is 5.22. The van der Waals surface area contributed by atoms with Crippen LogP contribution in [0.5, 0.6) is 0 Å². The molecule has 3 rings (SSSR count). The molecule has 1 aliphatic rings. The smallest absolute Gasteiger partial charge is 0.423 e. The minimum absolute atomic E-state index is 0.234. The zero-order valence-corrected chi connectivity index (χ0v) is 19.0. The lowest BCUT2D eigenvalue weighted by Gasteiger charge is -2.33. The summed E-state index contributed by atoms with van der Waals surface area (Å²) in [6.07, 6.45) is 11.3. The molecule has 2 aromatic carbocycles. The van der Waals surface area contributed by atoms with Gasteiger partial charge in [-0.25, -0.2) is 0 Å². The van der Waals surface area contributed by atoms with Crippen molar-refractivity contribution in [2.24, 2.45) is 0 Å². The highest BCUT2D eigenvalue weighted by molar-refractivity contribution is 6.59. The maximum Gasteiger partial charge on any atom is 0.488 e. The molecule has 0 atom stereocenters. The molecule has 0 bridgehead atoms. The molecule has 0 amide bonds. The predicted molar refractivity (Wildman–Crippen MR) is 130 cm³/mol. The second kappa shape index (κ2) is 10.8. The first-order chi connectivity index (χ1) is 14.9. The van der Waals surface area contributed by atoms with Gasteiger partial charge in [0, 0.05) is 5.41 Å². The number of rotatable bonds is 12. The summed E-state index contributed by atoms with van der Waals surface area (Å²) >= 11 is 0. The van der Waals surface area contributed by atoms with Crippen LogP contribution in [-0.4, -0.2) is 34.3 Å². The highest BCUT2D eigenvalue weighted by Crippen LogP contribution is 2.53. The van der Waals surface area contributed by atoms with Crippen molar-refractivity contribution in [3.8, 4) is 11.1 Å². The number of benzene rings is 2. The molecular formula is C25H36B2O4. The van der Waals surface area contributed by atoms with Crippen LogP contribution in [0.25, 0.3) is 11.1 Å². The molecule has 0 spiro atoms. The van der Waals surface area contributed by atoms with E-state index in [1.165, 1.54) is 38.5 Å². The van der Waals surface area contributed by atoms with Gasteiger partial charge in [-0.05, 0) is 46.0 Å². The van der Waals surface area contributed by atoms with E-state index >= 15 is 0 Å². The summed E-state index contributed by atoms with van der Waals surface area (Å²) in [5, 5.41) is 39.4. The SMILES string of the molecule is CCCCCCC1(CCCCCC)c2cc(B(O)O)ccc2-c2ccc(B(O)O)cc21. The number of unbranched alkanes of at least 4 members (excludes halogenated alkanes) is 6. The first-order valence-electron chi connectivity index (χ1n) is 12.0. The van der Waals surface area contributed by atoms with Gasteiger partial charge >= 0.3 is 14.2 Å². The molecule has 0 radical (unpaired) electrons. The van der Waals surface area contributed by atoms with E-state index in [1.54, 1.807) is 12.1 Å². The van der Waals surface area contributed by atoms with Gasteiger partial charge in [0.05, 0.1) is 0 Å². The van der Waals surface area contributed by atoms with Crippen molar-refractivity contribution >= 4 is 25.2 Å². The van der Waals surface area contributed by atoms with Crippen LogP contribution in [0.3, 0.4) is 0 Å². The standard InChI is InChI=1S/C25H36B2O4/c1-3-5-7-9-15-25(16-10-8-6-4-2)23-17-19(26(28)29)11-13-21(23)22-14-12-20(27(30)31)18-24(22)25/h11-14,17-18,28-31H,3-10,15-16H2,1-2H3.